The van der Waals surface area contributed by atoms with Gasteiger partial charge >= 0.3 is 5.69 Å². The molecule has 1 aliphatic heterocycles. The van der Waals surface area contributed by atoms with Gasteiger partial charge in [0.2, 0.25) is 0 Å². The number of anilines is 1. The van der Waals surface area contributed by atoms with Gasteiger partial charge in [-0.2, -0.15) is 4.98 Å². The standard InChI is InChI=1S/C13H17N7O3/c1-22-7-10-9(18-19-16)5-11(23-10)20-6-8(3-2-4-14)12(15)17-13(20)21/h6,9-11H,4-5,7,14H2,1H3,(H2,15,17,21)/t9?,10-,11-/m1/s1. The number of rotatable bonds is 4. The second kappa shape index (κ2) is 7.62. The monoisotopic (exact) mass is 319 g/mol. The smallest absolute Gasteiger partial charge is 0.351 e. The Hall–Kier alpha value is -2.57. The van der Waals surface area contributed by atoms with Gasteiger partial charge in [0.1, 0.15) is 12.0 Å². The minimum Gasteiger partial charge on any atom is -0.382 e. The molecule has 4 N–H and O–H groups in total. The van der Waals surface area contributed by atoms with Gasteiger partial charge in [0.15, 0.2) is 0 Å². The average Bonchev–Trinajstić information content (AvgIpc) is 2.90. The van der Waals surface area contributed by atoms with Crippen LogP contribution in [0.1, 0.15) is 18.2 Å². The first kappa shape index (κ1) is 16.8. The van der Waals surface area contributed by atoms with E-state index in [1.54, 1.807) is 0 Å². The van der Waals surface area contributed by atoms with Gasteiger partial charge < -0.3 is 20.9 Å². The summed E-state index contributed by atoms with van der Waals surface area (Å²) in [6.45, 7) is 0.407. The quantitative estimate of drug-likeness (QED) is 0.337. The third kappa shape index (κ3) is 3.80. The lowest BCUT2D eigenvalue weighted by molar-refractivity contribution is -0.0360. The number of ether oxygens (including phenoxy) is 2. The number of hydrogen-bond acceptors (Lipinski definition) is 7. The minimum absolute atomic E-state index is 0.0326. The number of nitrogen functional groups attached to an aromatic ring is 1. The maximum Gasteiger partial charge on any atom is 0.351 e. The Morgan fingerprint density at radius 1 is 1.70 bits per heavy atom. The highest BCUT2D eigenvalue weighted by atomic mass is 16.5. The molecule has 1 unspecified atom stereocenters. The average molecular weight is 319 g/mol. The summed E-state index contributed by atoms with van der Waals surface area (Å²) in [6, 6.07) is -0.437. The second-order valence-electron chi connectivity index (χ2n) is 4.83. The van der Waals surface area contributed by atoms with E-state index in [1.807, 2.05) is 0 Å². The van der Waals surface area contributed by atoms with Gasteiger partial charge in [-0.1, -0.05) is 17.0 Å². The molecule has 3 atom stereocenters. The lowest BCUT2D eigenvalue weighted by Crippen LogP contribution is -2.29. The molecule has 1 aliphatic rings. The summed E-state index contributed by atoms with van der Waals surface area (Å²) in [6.07, 6.45) is 0.724. The Morgan fingerprint density at radius 2 is 2.48 bits per heavy atom. The predicted molar refractivity (Wildman–Crippen MR) is 82.2 cm³/mol. The van der Waals surface area contributed by atoms with Gasteiger partial charge in [0, 0.05) is 24.6 Å². The number of nitrogens with two attached hydrogens (primary N) is 2. The first-order valence-electron chi connectivity index (χ1n) is 6.87. The van der Waals surface area contributed by atoms with Crippen molar-refractivity contribution in [2.45, 2.75) is 24.8 Å². The summed E-state index contributed by atoms with van der Waals surface area (Å²) < 4.78 is 12.1. The first-order chi connectivity index (χ1) is 11.1. The van der Waals surface area contributed by atoms with Crippen LogP contribution >= 0.6 is 0 Å². The third-order valence-corrected chi connectivity index (χ3v) is 3.35. The molecule has 1 aromatic heterocycles. The molecule has 1 aromatic rings. The van der Waals surface area contributed by atoms with E-state index in [0.29, 0.717) is 12.0 Å². The summed E-state index contributed by atoms with van der Waals surface area (Å²) >= 11 is 0. The number of nitrogens with zero attached hydrogens (tertiary/aromatic N) is 5. The summed E-state index contributed by atoms with van der Waals surface area (Å²) in [4.78, 5) is 18.6. The van der Waals surface area contributed by atoms with Crippen LogP contribution in [0.4, 0.5) is 5.82 Å². The van der Waals surface area contributed by atoms with Gasteiger partial charge in [-0.3, -0.25) is 4.57 Å². The van der Waals surface area contributed by atoms with Crippen molar-refractivity contribution in [3.8, 4) is 11.8 Å². The molecular weight excluding hydrogens is 302 g/mol. The Labute approximate surface area is 132 Å². The Morgan fingerprint density at radius 3 is 3.13 bits per heavy atom. The maximum absolute atomic E-state index is 12.1. The molecule has 0 bridgehead atoms. The highest BCUT2D eigenvalue weighted by Gasteiger charge is 2.36. The van der Waals surface area contributed by atoms with Crippen LogP contribution in [0.5, 0.6) is 0 Å². The molecule has 1 fully saturated rings. The molecule has 2 rings (SSSR count). The topological polar surface area (TPSA) is 154 Å². The van der Waals surface area contributed by atoms with Crippen LogP contribution in [0.25, 0.3) is 10.4 Å². The Kier molecular flexibility index (Phi) is 5.56. The molecular formula is C13H17N7O3. The van der Waals surface area contributed by atoms with Gasteiger partial charge in [-0.05, 0) is 5.53 Å². The van der Waals surface area contributed by atoms with Crippen molar-refractivity contribution < 1.29 is 9.47 Å². The lowest BCUT2D eigenvalue weighted by Gasteiger charge is -2.16. The molecule has 1 saturated heterocycles. The highest BCUT2D eigenvalue weighted by Crippen LogP contribution is 2.30. The fourth-order valence-electron chi connectivity index (χ4n) is 2.32. The van der Waals surface area contributed by atoms with E-state index in [-0.39, 0.29) is 19.0 Å². The molecule has 0 spiro atoms. The van der Waals surface area contributed by atoms with Crippen LogP contribution < -0.4 is 17.2 Å². The van der Waals surface area contributed by atoms with E-state index < -0.39 is 24.1 Å². The van der Waals surface area contributed by atoms with Crippen molar-refractivity contribution in [3.05, 3.63) is 32.7 Å². The largest absolute Gasteiger partial charge is 0.382 e. The third-order valence-electron chi connectivity index (χ3n) is 3.35. The van der Waals surface area contributed by atoms with E-state index in [4.69, 9.17) is 26.5 Å². The fourth-order valence-corrected chi connectivity index (χ4v) is 2.32. The maximum atomic E-state index is 12.1. The number of aromatic nitrogens is 2. The minimum atomic E-state index is -0.635. The Bertz CT molecular complexity index is 729. The van der Waals surface area contributed by atoms with Gasteiger partial charge in [0.05, 0.1) is 30.9 Å². The molecule has 0 saturated carbocycles. The van der Waals surface area contributed by atoms with Crippen molar-refractivity contribution in [1.29, 1.82) is 0 Å². The summed E-state index contributed by atoms with van der Waals surface area (Å²) in [7, 11) is 1.52. The zero-order valence-corrected chi connectivity index (χ0v) is 12.5. The van der Waals surface area contributed by atoms with E-state index >= 15 is 0 Å². The van der Waals surface area contributed by atoms with Gasteiger partial charge in [0.25, 0.3) is 0 Å². The van der Waals surface area contributed by atoms with Crippen LogP contribution in [-0.2, 0) is 9.47 Å². The molecule has 0 radical (unpaired) electrons. The molecule has 10 nitrogen and oxygen atoms in total. The van der Waals surface area contributed by atoms with E-state index in [2.05, 4.69) is 26.9 Å². The number of methoxy groups -OCH3 is 1. The second-order valence-corrected chi connectivity index (χ2v) is 4.83. The Balaban J connectivity index is 2.34. The zero-order chi connectivity index (χ0) is 16.8. The molecule has 122 valence electrons. The number of hydrogen-bond donors (Lipinski definition) is 2. The molecule has 0 aliphatic carbocycles. The molecule has 10 heteroatoms. The SMILES string of the molecule is COC[C@H]1O[C@@H](n2cc(C#CCN)c(N)nc2=O)CC1N=[N+]=[N-]. The zero-order valence-electron chi connectivity index (χ0n) is 12.5. The summed E-state index contributed by atoms with van der Waals surface area (Å²) in [5.74, 6) is 5.44. The normalized spacial score (nSPS) is 23.0. The highest BCUT2D eigenvalue weighted by molar-refractivity contribution is 5.49. The lowest BCUT2D eigenvalue weighted by atomic mass is 10.1. The van der Waals surface area contributed by atoms with Gasteiger partial charge in [-0.25, -0.2) is 4.79 Å². The summed E-state index contributed by atoms with van der Waals surface area (Å²) in [5.41, 5.74) is 19.5. The van der Waals surface area contributed by atoms with E-state index in [0.717, 1.165) is 0 Å². The van der Waals surface area contributed by atoms with Crippen molar-refractivity contribution in [2.75, 3.05) is 26.0 Å². The fraction of sp³-hybridized carbons (Fsp3) is 0.538. The van der Waals surface area contributed by atoms with Crippen LogP contribution in [0, 0.1) is 11.8 Å². The van der Waals surface area contributed by atoms with Crippen LogP contribution in [0.15, 0.2) is 16.1 Å². The van der Waals surface area contributed by atoms with Gasteiger partial charge in [-0.15, -0.1) is 0 Å². The van der Waals surface area contributed by atoms with Crippen LogP contribution in [0.3, 0.4) is 0 Å². The molecule has 23 heavy (non-hydrogen) atoms. The van der Waals surface area contributed by atoms with Crippen molar-refractivity contribution in [1.82, 2.24) is 9.55 Å². The number of azide groups is 1. The van der Waals surface area contributed by atoms with Crippen molar-refractivity contribution in [2.24, 2.45) is 10.8 Å². The van der Waals surface area contributed by atoms with E-state index in [1.165, 1.54) is 17.9 Å². The van der Waals surface area contributed by atoms with E-state index in [9.17, 15) is 4.79 Å². The molecule has 0 amide bonds. The van der Waals surface area contributed by atoms with Crippen LogP contribution in [-0.4, -0.2) is 42.0 Å². The predicted octanol–water partition coefficient (Wildman–Crippen LogP) is -0.251. The van der Waals surface area contributed by atoms with Crippen molar-refractivity contribution in [3.63, 3.8) is 0 Å². The molecule has 0 aromatic carbocycles. The summed E-state index contributed by atoms with van der Waals surface area (Å²) in [5, 5.41) is 3.69. The first-order valence-corrected chi connectivity index (χ1v) is 6.87. The van der Waals surface area contributed by atoms with Crippen LogP contribution in [0.2, 0.25) is 0 Å². The van der Waals surface area contributed by atoms with Crippen molar-refractivity contribution >= 4 is 5.82 Å². The molecule has 2 heterocycles.